The molecule has 5 aromatic rings. The number of aromatic carboxylic acids is 1. The third-order valence-electron chi connectivity index (χ3n) is 6.88. The van der Waals surface area contributed by atoms with E-state index in [1.54, 1.807) is 43.8 Å². The molecule has 0 spiro atoms. The van der Waals surface area contributed by atoms with Crippen molar-refractivity contribution in [3.8, 4) is 16.5 Å². The van der Waals surface area contributed by atoms with Crippen LogP contribution in [0.2, 0.25) is 0 Å². The third kappa shape index (κ3) is 4.68. The number of carboxylic acid groups (broad SMARTS) is 1. The fourth-order valence-electron chi connectivity index (χ4n) is 4.99. The number of hydrogen-bond acceptors (Lipinski definition) is 9. The van der Waals surface area contributed by atoms with Crippen LogP contribution in [0.1, 0.15) is 44.9 Å². The first-order valence-electron chi connectivity index (χ1n) is 12.4. The molecule has 1 aliphatic carbocycles. The summed E-state index contributed by atoms with van der Waals surface area (Å²) < 4.78 is 5.19. The van der Waals surface area contributed by atoms with E-state index in [4.69, 9.17) is 9.72 Å². The van der Waals surface area contributed by atoms with Gasteiger partial charge in [-0.15, -0.1) is 11.3 Å². The molecule has 6 rings (SSSR count). The number of anilines is 2. The van der Waals surface area contributed by atoms with Crippen molar-refractivity contribution in [1.82, 2.24) is 19.9 Å². The summed E-state index contributed by atoms with van der Waals surface area (Å²) in [4.78, 5) is 30.5. The molecule has 0 saturated heterocycles. The lowest BCUT2D eigenvalue weighted by Gasteiger charge is -2.33. The van der Waals surface area contributed by atoms with Gasteiger partial charge < -0.3 is 20.3 Å². The Morgan fingerprint density at radius 2 is 1.92 bits per heavy atom. The molecule has 1 atom stereocenters. The topological polar surface area (TPSA) is 130 Å². The van der Waals surface area contributed by atoms with E-state index in [0.717, 1.165) is 45.4 Å². The van der Waals surface area contributed by atoms with Crippen LogP contribution in [0.15, 0.2) is 60.9 Å². The van der Waals surface area contributed by atoms with Crippen molar-refractivity contribution < 1.29 is 19.7 Å². The van der Waals surface area contributed by atoms with Gasteiger partial charge in [0.2, 0.25) is 5.88 Å². The van der Waals surface area contributed by atoms with Crippen LogP contribution in [0.25, 0.3) is 21.5 Å². The first-order chi connectivity index (χ1) is 18.8. The maximum Gasteiger partial charge on any atom is 0.335 e. The zero-order valence-electron chi connectivity index (χ0n) is 21.3. The number of hydrogen-bond donors (Lipinski definition) is 3. The van der Waals surface area contributed by atoms with Gasteiger partial charge in [0, 0.05) is 17.6 Å². The molecular weight excluding hydrogens is 514 g/mol. The van der Waals surface area contributed by atoms with Gasteiger partial charge >= 0.3 is 5.97 Å². The summed E-state index contributed by atoms with van der Waals surface area (Å²) in [5.74, 6) is 0.827. The Morgan fingerprint density at radius 1 is 1.05 bits per heavy atom. The summed E-state index contributed by atoms with van der Waals surface area (Å²) >= 11 is 1.39. The number of aryl methyl sites for hydroxylation is 2. The van der Waals surface area contributed by atoms with Crippen LogP contribution < -0.4 is 10.1 Å². The molecule has 0 fully saturated rings. The number of fused-ring (bicyclic) bond motifs is 2. The van der Waals surface area contributed by atoms with E-state index in [1.165, 1.54) is 11.3 Å². The summed E-state index contributed by atoms with van der Waals surface area (Å²) in [6, 6.07) is 14.5. The van der Waals surface area contributed by atoms with Crippen LogP contribution in [0, 0.1) is 6.92 Å². The second kappa shape index (κ2) is 9.72. The van der Waals surface area contributed by atoms with Crippen molar-refractivity contribution in [2.24, 2.45) is 0 Å². The minimum atomic E-state index is -1.27. The number of nitrogens with one attached hydrogen (secondary N) is 1. The monoisotopic (exact) mass is 539 g/mol. The molecule has 9 nitrogen and oxygen atoms in total. The lowest BCUT2D eigenvalue weighted by molar-refractivity contribution is 0.0607. The van der Waals surface area contributed by atoms with Crippen molar-refractivity contribution in [3.05, 3.63) is 88.2 Å². The van der Waals surface area contributed by atoms with Crippen molar-refractivity contribution in [2.75, 3.05) is 12.4 Å². The molecule has 1 aromatic carbocycles. The molecule has 0 saturated carbocycles. The predicted octanol–water partition coefficient (Wildman–Crippen LogP) is 5.48. The standard InChI is InChI=1S/C29H25N5O4S/c1-16-10-21(32-25(11-16)34-24-13-18-6-8-26(38-2)33-22(18)14-30-24)23-15-31-28(39-23)29(37)9-3-4-17-12-19(27(35)36)5-7-20(17)29/h5-8,10-15,37H,3-4,9H2,1-2H3,(H,35,36)(H,30,32,34). The predicted molar refractivity (Wildman–Crippen MR) is 149 cm³/mol. The van der Waals surface area contributed by atoms with Crippen molar-refractivity contribution in [2.45, 2.75) is 31.8 Å². The highest BCUT2D eigenvalue weighted by molar-refractivity contribution is 7.15. The van der Waals surface area contributed by atoms with E-state index >= 15 is 0 Å². The Balaban J connectivity index is 1.30. The number of methoxy groups -OCH3 is 1. The van der Waals surface area contributed by atoms with Crippen LogP contribution in [0.4, 0.5) is 11.6 Å². The highest BCUT2D eigenvalue weighted by Crippen LogP contribution is 2.43. The highest BCUT2D eigenvalue weighted by atomic mass is 32.1. The molecule has 4 aromatic heterocycles. The molecule has 10 heteroatoms. The molecule has 196 valence electrons. The Morgan fingerprint density at radius 3 is 2.74 bits per heavy atom. The number of nitrogens with zero attached hydrogens (tertiary/aromatic N) is 4. The summed E-state index contributed by atoms with van der Waals surface area (Å²) in [6.45, 7) is 1.99. The maximum atomic E-state index is 11.8. The fraction of sp³-hybridized carbons (Fsp3) is 0.207. The Kier molecular flexibility index (Phi) is 6.20. The Labute approximate surface area is 228 Å². The number of ether oxygens (including phenoxy) is 1. The minimum Gasteiger partial charge on any atom is -0.481 e. The van der Waals surface area contributed by atoms with Crippen LogP contribution in [0.5, 0.6) is 5.88 Å². The molecule has 1 unspecified atom stereocenters. The summed E-state index contributed by atoms with van der Waals surface area (Å²) in [7, 11) is 1.58. The number of carbonyl (C=O) groups is 1. The van der Waals surface area contributed by atoms with Gasteiger partial charge in [-0.05, 0) is 79.3 Å². The largest absolute Gasteiger partial charge is 0.481 e. The molecule has 4 heterocycles. The number of rotatable bonds is 6. The van der Waals surface area contributed by atoms with E-state index in [2.05, 4.69) is 20.3 Å². The second-order valence-electron chi connectivity index (χ2n) is 9.58. The zero-order chi connectivity index (χ0) is 27.1. The fourth-order valence-corrected chi connectivity index (χ4v) is 6.00. The second-order valence-corrected chi connectivity index (χ2v) is 10.6. The zero-order valence-corrected chi connectivity index (χ0v) is 22.1. The van der Waals surface area contributed by atoms with E-state index in [-0.39, 0.29) is 5.56 Å². The highest BCUT2D eigenvalue weighted by Gasteiger charge is 2.39. The van der Waals surface area contributed by atoms with Gasteiger partial charge in [-0.3, -0.25) is 0 Å². The van der Waals surface area contributed by atoms with Crippen molar-refractivity contribution in [1.29, 1.82) is 0 Å². The van der Waals surface area contributed by atoms with Crippen LogP contribution in [0.3, 0.4) is 0 Å². The van der Waals surface area contributed by atoms with E-state index in [9.17, 15) is 15.0 Å². The quantitative estimate of drug-likeness (QED) is 0.257. The number of thiazole rings is 1. The summed E-state index contributed by atoms with van der Waals surface area (Å²) in [5, 5.41) is 25.9. The molecular formula is C29H25N5O4S. The smallest absolute Gasteiger partial charge is 0.335 e. The van der Waals surface area contributed by atoms with E-state index in [1.807, 2.05) is 31.2 Å². The molecule has 39 heavy (non-hydrogen) atoms. The van der Waals surface area contributed by atoms with Gasteiger partial charge in [0.25, 0.3) is 0 Å². The molecule has 0 bridgehead atoms. The summed E-state index contributed by atoms with van der Waals surface area (Å²) in [5.41, 5.74) is 2.98. The van der Waals surface area contributed by atoms with E-state index in [0.29, 0.717) is 34.5 Å². The molecule has 0 aliphatic heterocycles. The number of benzene rings is 1. The van der Waals surface area contributed by atoms with Gasteiger partial charge in [0.05, 0.1) is 35.0 Å². The Bertz CT molecular complexity index is 1740. The van der Waals surface area contributed by atoms with Gasteiger partial charge in [-0.25, -0.2) is 24.7 Å². The van der Waals surface area contributed by atoms with Crippen molar-refractivity contribution in [3.63, 3.8) is 0 Å². The molecule has 0 radical (unpaired) electrons. The Hall–Kier alpha value is -4.41. The molecule has 1 aliphatic rings. The SMILES string of the molecule is COc1ccc2cc(Nc3cc(C)cc(-c4cnc(C5(O)CCCc6cc(C(=O)O)ccc65)s4)n3)ncc2n1. The normalized spacial score (nSPS) is 16.6. The lowest BCUT2D eigenvalue weighted by atomic mass is 9.79. The van der Waals surface area contributed by atoms with Crippen LogP contribution in [-0.2, 0) is 12.0 Å². The number of pyridine rings is 3. The van der Waals surface area contributed by atoms with Gasteiger partial charge in [0.1, 0.15) is 22.2 Å². The lowest BCUT2D eigenvalue weighted by Crippen LogP contribution is -2.32. The van der Waals surface area contributed by atoms with Gasteiger partial charge in [-0.2, -0.15) is 0 Å². The summed E-state index contributed by atoms with van der Waals surface area (Å²) in [6.07, 6.45) is 5.39. The minimum absolute atomic E-state index is 0.221. The average molecular weight is 540 g/mol. The number of aliphatic hydroxyl groups is 1. The molecule has 3 N–H and O–H groups in total. The first-order valence-corrected chi connectivity index (χ1v) is 13.3. The van der Waals surface area contributed by atoms with Crippen molar-refractivity contribution >= 4 is 39.8 Å². The van der Waals surface area contributed by atoms with Gasteiger partial charge in [0.15, 0.2) is 0 Å². The van der Waals surface area contributed by atoms with E-state index < -0.39 is 11.6 Å². The molecule has 0 amide bonds. The van der Waals surface area contributed by atoms with Gasteiger partial charge in [-0.1, -0.05) is 6.07 Å². The number of carboxylic acids is 1. The third-order valence-corrected chi connectivity index (χ3v) is 8.05. The maximum absolute atomic E-state index is 11.8. The van der Waals surface area contributed by atoms with Crippen LogP contribution in [-0.4, -0.2) is 43.2 Å². The first kappa shape index (κ1) is 24.9. The average Bonchev–Trinajstić information content (AvgIpc) is 3.44. The number of aromatic nitrogens is 4. The van der Waals surface area contributed by atoms with Crippen LogP contribution >= 0.6 is 11.3 Å².